The SMILES string of the molecule is CCOC(=O)C1=C(N)N(c2nc(-c3ccccc3)cs2)C2=C(C(=O)CCC2)C1c1cc2cc(Cl)ccc2nc1F. The van der Waals surface area contributed by atoms with E-state index in [1.165, 1.54) is 11.3 Å². The summed E-state index contributed by atoms with van der Waals surface area (Å²) in [6.07, 6.45) is 1.36. The van der Waals surface area contributed by atoms with E-state index in [0.717, 1.165) is 11.3 Å². The first-order valence-corrected chi connectivity index (χ1v) is 14.1. The van der Waals surface area contributed by atoms with Crippen LogP contribution in [0.4, 0.5) is 9.52 Å². The molecule has 0 fully saturated rings. The Hall–Kier alpha value is -4.08. The third-order valence-electron chi connectivity index (χ3n) is 7.11. The van der Waals surface area contributed by atoms with E-state index in [0.29, 0.717) is 45.2 Å². The number of pyridine rings is 1. The molecule has 0 radical (unpaired) electrons. The fourth-order valence-corrected chi connectivity index (χ4v) is 6.43. The lowest BCUT2D eigenvalue weighted by Crippen LogP contribution is -2.41. The molecule has 0 spiro atoms. The van der Waals surface area contributed by atoms with Crippen LogP contribution in [0.5, 0.6) is 0 Å². The number of allylic oxidation sites excluding steroid dienone is 2. The highest BCUT2D eigenvalue weighted by Gasteiger charge is 2.45. The van der Waals surface area contributed by atoms with E-state index in [4.69, 9.17) is 27.1 Å². The van der Waals surface area contributed by atoms with Crippen molar-refractivity contribution in [1.82, 2.24) is 9.97 Å². The maximum Gasteiger partial charge on any atom is 0.338 e. The van der Waals surface area contributed by atoms with Gasteiger partial charge in [-0.2, -0.15) is 4.39 Å². The third-order valence-corrected chi connectivity index (χ3v) is 8.17. The molecule has 0 saturated carbocycles. The van der Waals surface area contributed by atoms with E-state index >= 15 is 4.39 Å². The van der Waals surface area contributed by atoms with E-state index in [2.05, 4.69) is 4.98 Å². The van der Waals surface area contributed by atoms with Gasteiger partial charge in [0.05, 0.1) is 29.3 Å². The van der Waals surface area contributed by atoms with Crippen molar-refractivity contribution in [1.29, 1.82) is 0 Å². The molecule has 6 rings (SSSR count). The number of fused-ring (bicyclic) bond motifs is 1. The van der Waals surface area contributed by atoms with Crippen LogP contribution in [0, 0.1) is 5.95 Å². The number of ketones is 1. The number of carbonyl (C=O) groups excluding carboxylic acids is 2. The van der Waals surface area contributed by atoms with Crippen LogP contribution >= 0.6 is 22.9 Å². The molecular formula is C30H24ClFN4O3S. The van der Waals surface area contributed by atoms with Crippen molar-refractivity contribution in [3.05, 3.63) is 99.2 Å². The number of halogens is 2. The van der Waals surface area contributed by atoms with Gasteiger partial charge in [0.1, 0.15) is 5.82 Å². The van der Waals surface area contributed by atoms with Crippen LogP contribution in [0.3, 0.4) is 0 Å². The van der Waals surface area contributed by atoms with E-state index in [9.17, 15) is 9.59 Å². The van der Waals surface area contributed by atoms with Crippen LogP contribution in [-0.2, 0) is 14.3 Å². The van der Waals surface area contributed by atoms with Crippen molar-refractivity contribution in [3.8, 4) is 11.3 Å². The number of rotatable bonds is 5. The Labute approximate surface area is 238 Å². The van der Waals surface area contributed by atoms with Crippen molar-refractivity contribution in [2.75, 3.05) is 11.5 Å². The van der Waals surface area contributed by atoms with Gasteiger partial charge in [-0.3, -0.25) is 9.69 Å². The molecule has 0 saturated heterocycles. The Morgan fingerprint density at radius 3 is 2.75 bits per heavy atom. The summed E-state index contributed by atoms with van der Waals surface area (Å²) in [5.74, 6) is -2.76. The minimum Gasteiger partial charge on any atom is -0.463 e. The number of nitrogens with zero attached hydrogens (tertiary/aromatic N) is 3. The molecule has 1 aliphatic carbocycles. The zero-order chi connectivity index (χ0) is 28.0. The molecule has 3 heterocycles. The van der Waals surface area contributed by atoms with Gasteiger partial charge in [-0.25, -0.2) is 14.8 Å². The Morgan fingerprint density at radius 2 is 1.98 bits per heavy atom. The molecule has 4 aromatic rings. The minimum absolute atomic E-state index is 0.0191. The Kier molecular flexibility index (Phi) is 6.85. The van der Waals surface area contributed by atoms with Gasteiger partial charge in [-0.15, -0.1) is 11.3 Å². The van der Waals surface area contributed by atoms with Gasteiger partial charge in [0.2, 0.25) is 5.95 Å². The number of anilines is 1. The van der Waals surface area contributed by atoms with Crippen molar-refractivity contribution >= 4 is 50.7 Å². The lowest BCUT2D eigenvalue weighted by Gasteiger charge is -2.39. The predicted octanol–water partition coefficient (Wildman–Crippen LogP) is 6.50. The molecule has 10 heteroatoms. The van der Waals surface area contributed by atoms with Gasteiger partial charge in [-0.05, 0) is 44.0 Å². The topological polar surface area (TPSA) is 98.4 Å². The van der Waals surface area contributed by atoms with Gasteiger partial charge in [0.25, 0.3) is 0 Å². The number of hydrogen-bond donors (Lipinski definition) is 1. The second-order valence-electron chi connectivity index (χ2n) is 9.51. The molecule has 1 unspecified atom stereocenters. The molecule has 1 aliphatic heterocycles. The maximum absolute atomic E-state index is 15.7. The zero-order valence-electron chi connectivity index (χ0n) is 21.5. The van der Waals surface area contributed by atoms with Gasteiger partial charge >= 0.3 is 5.97 Å². The first-order valence-electron chi connectivity index (χ1n) is 12.9. The molecular weight excluding hydrogens is 551 g/mol. The molecule has 2 aromatic carbocycles. The molecule has 202 valence electrons. The highest BCUT2D eigenvalue weighted by molar-refractivity contribution is 7.14. The average molecular weight is 575 g/mol. The second kappa shape index (κ2) is 10.5. The summed E-state index contributed by atoms with van der Waals surface area (Å²) in [5, 5.41) is 3.43. The van der Waals surface area contributed by atoms with Gasteiger partial charge in [0, 0.05) is 44.6 Å². The average Bonchev–Trinajstić information content (AvgIpc) is 3.43. The molecule has 1 atom stereocenters. The van der Waals surface area contributed by atoms with Crippen LogP contribution in [0.1, 0.15) is 37.7 Å². The number of aromatic nitrogens is 2. The van der Waals surface area contributed by atoms with Crippen LogP contribution in [0.15, 0.2) is 82.6 Å². The summed E-state index contributed by atoms with van der Waals surface area (Å²) in [4.78, 5) is 37.7. The summed E-state index contributed by atoms with van der Waals surface area (Å²) >= 11 is 7.55. The highest BCUT2D eigenvalue weighted by atomic mass is 35.5. The summed E-state index contributed by atoms with van der Waals surface area (Å²) in [5.41, 5.74) is 9.77. The molecule has 2 N–H and O–H groups in total. The van der Waals surface area contributed by atoms with Crippen molar-refractivity contribution < 1.29 is 18.7 Å². The zero-order valence-corrected chi connectivity index (χ0v) is 23.1. The van der Waals surface area contributed by atoms with Crippen molar-refractivity contribution in [2.45, 2.75) is 32.1 Å². The van der Waals surface area contributed by atoms with Crippen LogP contribution in [0.2, 0.25) is 5.02 Å². The number of Topliss-reactive ketones (excluding diaryl/α,β-unsaturated/α-hetero) is 1. The first kappa shape index (κ1) is 26.2. The first-order chi connectivity index (χ1) is 19.4. The Balaban J connectivity index is 1.58. The maximum atomic E-state index is 15.7. The van der Waals surface area contributed by atoms with Crippen molar-refractivity contribution in [2.24, 2.45) is 5.73 Å². The van der Waals surface area contributed by atoms with E-state index in [1.54, 1.807) is 36.1 Å². The molecule has 2 aliphatic rings. The largest absolute Gasteiger partial charge is 0.463 e. The second-order valence-corrected chi connectivity index (χ2v) is 10.8. The number of carbonyl (C=O) groups is 2. The van der Waals surface area contributed by atoms with Crippen LogP contribution in [-0.4, -0.2) is 28.3 Å². The Bertz CT molecular complexity index is 1730. The fraction of sp³-hybridized carbons (Fsp3) is 0.200. The summed E-state index contributed by atoms with van der Waals surface area (Å²) in [6, 6.07) is 16.2. The summed E-state index contributed by atoms with van der Waals surface area (Å²) in [7, 11) is 0. The van der Waals surface area contributed by atoms with E-state index in [1.807, 2.05) is 35.7 Å². The molecule has 0 amide bonds. The van der Waals surface area contributed by atoms with Crippen molar-refractivity contribution in [3.63, 3.8) is 0 Å². The van der Waals surface area contributed by atoms with Crippen LogP contribution in [0.25, 0.3) is 22.2 Å². The quantitative estimate of drug-likeness (QED) is 0.215. The highest BCUT2D eigenvalue weighted by Crippen LogP contribution is 2.48. The van der Waals surface area contributed by atoms with Gasteiger partial charge < -0.3 is 10.5 Å². The molecule has 40 heavy (non-hydrogen) atoms. The lowest BCUT2D eigenvalue weighted by atomic mass is 9.75. The monoisotopic (exact) mass is 574 g/mol. The predicted molar refractivity (Wildman–Crippen MR) is 153 cm³/mol. The standard InChI is InChI=1S/C30H24ClFN4O3S/c1-2-39-29(38)26-24(19-14-17-13-18(31)11-12-20(17)34-27(19)32)25-22(9-6-10-23(25)37)36(28(26)33)30-35-21(15-40-30)16-7-4-3-5-8-16/h3-5,7-8,11-15,24H,2,6,9-10,33H2,1H3. The number of ether oxygens (including phenoxy) is 1. The third kappa shape index (κ3) is 4.45. The van der Waals surface area contributed by atoms with E-state index in [-0.39, 0.29) is 35.8 Å². The number of nitrogens with two attached hydrogens (primary N) is 1. The molecule has 2 aromatic heterocycles. The number of thiazole rings is 1. The number of esters is 1. The normalized spacial score (nSPS) is 17.4. The molecule has 7 nitrogen and oxygen atoms in total. The summed E-state index contributed by atoms with van der Waals surface area (Å²) < 4.78 is 21.1. The van der Waals surface area contributed by atoms with Gasteiger partial charge in [0.15, 0.2) is 10.9 Å². The summed E-state index contributed by atoms with van der Waals surface area (Å²) in [6.45, 7) is 1.75. The Morgan fingerprint density at radius 1 is 1.18 bits per heavy atom. The van der Waals surface area contributed by atoms with Gasteiger partial charge in [-0.1, -0.05) is 41.9 Å². The lowest BCUT2D eigenvalue weighted by molar-refractivity contribution is -0.138. The smallest absolute Gasteiger partial charge is 0.338 e. The molecule has 0 bridgehead atoms. The van der Waals surface area contributed by atoms with Crippen LogP contribution < -0.4 is 10.6 Å². The number of benzene rings is 2. The number of hydrogen-bond acceptors (Lipinski definition) is 8. The fourth-order valence-electron chi connectivity index (χ4n) is 5.38. The van der Waals surface area contributed by atoms with E-state index < -0.39 is 17.8 Å². The minimum atomic E-state index is -1.09.